The van der Waals surface area contributed by atoms with Gasteiger partial charge in [0.15, 0.2) is 0 Å². The SMILES string of the molecule is CC1(C)CNCCC1NCc1cccc2c1C(=O)N(C1CCC(=O)NC1=O)C2=O. The number of carbonyl (C=O) groups is 4. The summed E-state index contributed by atoms with van der Waals surface area (Å²) in [6.07, 6.45) is 1.26. The van der Waals surface area contributed by atoms with Gasteiger partial charge >= 0.3 is 0 Å². The molecule has 0 aromatic heterocycles. The first-order valence-corrected chi connectivity index (χ1v) is 10.1. The minimum Gasteiger partial charge on any atom is -0.316 e. The predicted octanol–water partition coefficient (Wildman–Crippen LogP) is 0.566. The number of rotatable bonds is 4. The Bertz CT molecular complexity index is 895. The number of nitrogens with one attached hydrogen (secondary N) is 3. The van der Waals surface area contributed by atoms with Crippen molar-refractivity contribution in [3.8, 4) is 0 Å². The number of hydrogen-bond acceptors (Lipinski definition) is 6. The fourth-order valence-corrected chi connectivity index (χ4v) is 4.51. The summed E-state index contributed by atoms with van der Waals surface area (Å²) in [6.45, 7) is 6.73. The number of benzene rings is 1. The molecule has 0 aliphatic carbocycles. The van der Waals surface area contributed by atoms with Crippen LogP contribution in [0.2, 0.25) is 0 Å². The van der Waals surface area contributed by atoms with E-state index < -0.39 is 23.8 Å². The van der Waals surface area contributed by atoms with Crippen LogP contribution in [-0.2, 0) is 16.1 Å². The minimum absolute atomic E-state index is 0.0782. The monoisotopic (exact) mass is 398 g/mol. The first-order valence-electron chi connectivity index (χ1n) is 10.1. The Morgan fingerprint density at radius 1 is 1.14 bits per heavy atom. The van der Waals surface area contributed by atoms with Gasteiger partial charge in [-0.05, 0) is 36.4 Å². The molecule has 29 heavy (non-hydrogen) atoms. The van der Waals surface area contributed by atoms with Crippen molar-refractivity contribution in [3.63, 3.8) is 0 Å². The highest BCUT2D eigenvalue weighted by atomic mass is 16.2. The molecule has 2 atom stereocenters. The van der Waals surface area contributed by atoms with Gasteiger partial charge in [0.05, 0.1) is 11.1 Å². The van der Waals surface area contributed by atoms with Gasteiger partial charge < -0.3 is 10.6 Å². The number of nitrogens with zero attached hydrogens (tertiary/aromatic N) is 1. The third-order valence-electron chi connectivity index (χ3n) is 6.23. The van der Waals surface area contributed by atoms with Crippen LogP contribution in [0.25, 0.3) is 0 Å². The van der Waals surface area contributed by atoms with Gasteiger partial charge in [-0.1, -0.05) is 26.0 Å². The number of piperidine rings is 2. The second-order valence-corrected chi connectivity index (χ2v) is 8.67. The van der Waals surface area contributed by atoms with Crippen molar-refractivity contribution in [1.82, 2.24) is 20.9 Å². The smallest absolute Gasteiger partial charge is 0.262 e. The van der Waals surface area contributed by atoms with Crippen molar-refractivity contribution in [2.75, 3.05) is 13.1 Å². The molecule has 8 heteroatoms. The predicted molar refractivity (Wildman–Crippen MR) is 105 cm³/mol. The van der Waals surface area contributed by atoms with E-state index in [9.17, 15) is 19.2 Å². The molecule has 2 unspecified atom stereocenters. The van der Waals surface area contributed by atoms with Crippen LogP contribution in [-0.4, -0.2) is 53.7 Å². The molecule has 3 heterocycles. The summed E-state index contributed by atoms with van der Waals surface area (Å²) in [5, 5.41) is 9.18. The van der Waals surface area contributed by atoms with Crippen LogP contribution in [0.4, 0.5) is 0 Å². The van der Waals surface area contributed by atoms with E-state index >= 15 is 0 Å². The first kappa shape index (κ1) is 19.7. The molecular formula is C21H26N4O4. The molecule has 8 nitrogen and oxygen atoms in total. The molecule has 4 rings (SSSR count). The summed E-state index contributed by atoms with van der Waals surface area (Å²) in [6, 6.07) is 4.59. The van der Waals surface area contributed by atoms with Gasteiger partial charge in [0.25, 0.3) is 11.8 Å². The average molecular weight is 398 g/mol. The second-order valence-electron chi connectivity index (χ2n) is 8.67. The highest BCUT2D eigenvalue weighted by Crippen LogP contribution is 2.31. The molecule has 2 fully saturated rings. The zero-order chi connectivity index (χ0) is 20.8. The molecule has 3 aliphatic heterocycles. The third kappa shape index (κ3) is 3.47. The Morgan fingerprint density at radius 3 is 2.66 bits per heavy atom. The van der Waals surface area contributed by atoms with Gasteiger partial charge in [0.1, 0.15) is 6.04 Å². The maximum absolute atomic E-state index is 13.1. The van der Waals surface area contributed by atoms with E-state index in [1.807, 2.05) is 6.07 Å². The molecule has 2 saturated heterocycles. The quantitative estimate of drug-likeness (QED) is 0.640. The third-order valence-corrected chi connectivity index (χ3v) is 6.23. The molecule has 0 saturated carbocycles. The summed E-state index contributed by atoms with van der Waals surface area (Å²) in [5.41, 5.74) is 1.52. The lowest BCUT2D eigenvalue weighted by Crippen LogP contribution is -2.54. The van der Waals surface area contributed by atoms with Crippen molar-refractivity contribution in [1.29, 1.82) is 0 Å². The highest BCUT2D eigenvalue weighted by Gasteiger charge is 2.45. The summed E-state index contributed by atoms with van der Waals surface area (Å²) >= 11 is 0. The molecule has 3 N–H and O–H groups in total. The Balaban J connectivity index is 1.56. The molecule has 154 valence electrons. The van der Waals surface area contributed by atoms with Gasteiger partial charge in [-0.3, -0.25) is 29.4 Å². The summed E-state index contributed by atoms with van der Waals surface area (Å²) < 4.78 is 0. The normalized spacial score (nSPS) is 26.5. The Hall–Kier alpha value is -2.58. The van der Waals surface area contributed by atoms with Crippen LogP contribution in [0.1, 0.15) is 59.4 Å². The minimum atomic E-state index is -0.940. The van der Waals surface area contributed by atoms with Crippen molar-refractivity contribution >= 4 is 23.6 Å². The van der Waals surface area contributed by atoms with E-state index in [2.05, 4.69) is 29.8 Å². The highest BCUT2D eigenvalue weighted by molar-refractivity contribution is 6.24. The Kier molecular flexibility index (Phi) is 5.00. The first-order chi connectivity index (χ1) is 13.8. The van der Waals surface area contributed by atoms with Crippen molar-refractivity contribution in [2.24, 2.45) is 5.41 Å². The van der Waals surface area contributed by atoms with Gasteiger partial charge in [-0.25, -0.2) is 0 Å². The molecule has 1 aromatic rings. The largest absolute Gasteiger partial charge is 0.316 e. The molecule has 0 bridgehead atoms. The summed E-state index contributed by atoms with van der Waals surface area (Å²) in [4.78, 5) is 50.7. The van der Waals surface area contributed by atoms with Crippen LogP contribution >= 0.6 is 0 Å². The number of amides is 4. The zero-order valence-corrected chi connectivity index (χ0v) is 16.7. The van der Waals surface area contributed by atoms with Crippen LogP contribution in [0.3, 0.4) is 0 Å². The summed E-state index contributed by atoms with van der Waals surface area (Å²) in [5.74, 6) is -1.89. The van der Waals surface area contributed by atoms with Crippen molar-refractivity contribution in [3.05, 3.63) is 34.9 Å². The van der Waals surface area contributed by atoms with Crippen LogP contribution in [0.5, 0.6) is 0 Å². The molecule has 0 radical (unpaired) electrons. The number of hydrogen-bond donors (Lipinski definition) is 3. The number of fused-ring (bicyclic) bond motifs is 1. The van der Waals surface area contributed by atoms with Crippen LogP contribution in [0.15, 0.2) is 18.2 Å². The van der Waals surface area contributed by atoms with E-state index in [0.717, 1.165) is 30.0 Å². The van der Waals surface area contributed by atoms with Gasteiger partial charge in [0.2, 0.25) is 11.8 Å². The lowest BCUT2D eigenvalue weighted by atomic mass is 9.80. The number of carbonyl (C=O) groups excluding carboxylic acids is 4. The lowest BCUT2D eigenvalue weighted by molar-refractivity contribution is -0.136. The van der Waals surface area contributed by atoms with Crippen LogP contribution < -0.4 is 16.0 Å². The molecule has 0 spiro atoms. The molecule has 1 aromatic carbocycles. The van der Waals surface area contributed by atoms with Gasteiger partial charge in [-0.2, -0.15) is 0 Å². The van der Waals surface area contributed by atoms with Crippen molar-refractivity contribution < 1.29 is 19.2 Å². The Morgan fingerprint density at radius 2 is 1.93 bits per heavy atom. The van der Waals surface area contributed by atoms with E-state index in [4.69, 9.17) is 0 Å². The van der Waals surface area contributed by atoms with Crippen LogP contribution in [0, 0.1) is 5.41 Å². The average Bonchev–Trinajstić information content (AvgIpc) is 2.92. The maximum atomic E-state index is 13.1. The van der Waals surface area contributed by atoms with E-state index in [0.29, 0.717) is 17.7 Å². The van der Waals surface area contributed by atoms with Gasteiger partial charge in [0, 0.05) is 25.6 Å². The molecule has 3 aliphatic rings. The Labute approximate surface area is 169 Å². The fourth-order valence-electron chi connectivity index (χ4n) is 4.51. The van der Waals surface area contributed by atoms with E-state index in [1.54, 1.807) is 12.1 Å². The number of imide groups is 2. The molecule has 4 amide bonds. The topological polar surface area (TPSA) is 108 Å². The van der Waals surface area contributed by atoms with E-state index in [1.165, 1.54) is 0 Å². The van der Waals surface area contributed by atoms with Gasteiger partial charge in [-0.15, -0.1) is 0 Å². The lowest BCUT2D eigenvalue weighted by Gasteiger charge is -2.39. The maximum Gasteiger partial charge on any atom is 0.262 e. The second kappa shape index (κ2) is 7.35. The van der Waals surface area contributed by atoms with E-state index in [-0.39, 0.29) is 30.2 Å². The zero-order valence-electron chi connectivity index (χ0n) is 16.7. The summed E-state index contributed by atoms with van der Waals surface area (Å²) in [7, 11) is 0. The fraction of sp³-hybridized carbons (Fsp3) is 0.524. The molecular weight excluding hydrogens is 372 g/mol. The standard InChI is InChI=1S/C21H26N4O4/c1-21(2)11-22-9-8-15(21)23-10-12-4-3-5-13-17(12)20(29)25(19(13)28)14-6-7-16(26)24-18(14)27/h3-5,14-15,22-23H,6-11H2,1-2H3,(H,24,26,27). The van der Waals surface area contributed by atoms with Crippen molar-refractivity contribution in [2.45, 2.75) is 51.7 Å².